The summed E-state index contributed by atoms with van der Waals surface area (Å²) in [5.74, 6) is 0.336. The number of para-hydroxylation sites is 1. The van der Waals surface area contributed by atoms with Crippen LogP contribution in [-0.2, 0) is 10.3 Å². The second-order valence-electron chi connectivity index (χ2n) is 3.57. The summed E-state index contributed by atoms with van der Waals surface area (Å²) >= 11 is 0. The van der Waals surface area contributed by atoms with Crippen molar-refractivity contribution in [3.05, 3.63) is 29.8 Å². The molecule has 13 heavy (non-hydrogen) atoms. The number of rotatable bonds is 1. The number of carbonyl (C=O) groups is 1. The van der Waals surface area contributed by atoms with E-state index >= 15 is 0 Å². The summed E-state index contributed by atoms with van der Waals surface area (Å²) in [5, 5.41) is 9.51. The Hall–Kier alpha value is -1.35. The first-order valence-corrected chi connectivity index (χ1v) is 4.21. The van der Waals surface area contributed by atoms with Crippen LogP contribution in [0.15, 0.2) is 24.3 Å². The van der Waals surface area contributed by atoms with Crippen LogP contribution in [0.5, 0.6) is 5.75 Å². The van der Waals surface area contributed by atoms with Crippen LogP contribution in [0.25, 0.3) is 0 Å². The van der Waals surface area contributed by atoms with E-state index in [0.29, 0.717) is 18.4 Å². The summed E-state index contributed by atoms with van der Waals surface area (Å²) in [4.78, 5) is 10.8. The van der Waals surface area contributed by atoms with Gasteiger partial charge < -0.3 is 10.8 Å². The molecule has 1 aliphatic carbocycles. The van der Waals surface area contributed by atoms with Crippen molar-refractivity contribution in [3.63, 3.8) is 0 Å². The average molecular weight is 177 g/mol. The molecule has 0 amide bonds. The topological polar surface area (TPSA) is 63.3 Å². The van der Waals surface area contributed by atoms with Gasteiger partial charge in [-0.05, 0) is 6.07 Å². The van der Waals surface area contributed by atoms with Gasteiger partial charge in [-0.3, -0.25) is 4.79 Å². The zero-order chi connectivity index (χ0) is 9.47. The third kappa shape index (κ3) is 1.21. The third-order valence-electron chi connectivity index (χ3n) is 2.47. The van der Waals surface area contributed by atoms with Crippen molar-refractivity contribution >= 4 is 5.78 Å². The lowest BCUT2D eigenvalue weighted by molar-refractivity contribution is -0.128. The number of benzene rings is 1. The minimum absolute atomic E-state index is 0.158. The monoisotopic (exact) mass is 177 g/mol. The molecule has 0 spiro atoms. The van der Waals surface area contributed by atoms with Gasteiger partial charge in [0.2, 0.25) is 0 Å². The number of phenolic OH excluding ortho intramolecular Hbond substituents is 1. The largest absolute Gasteiger partial charge is 0.508 e. The van der Waals surface area contributed by atoms with E-state index < -0.39 is 5.54 Å². The molecular weight excluding hydrogens is 166 g/mol. The Morgan fingerprint density at radius 2 is 1.92 bits per heavy atom. The van der Waals surface area contributed by atoms with Gasteiger partial charge in [-0.25, -0.2) is 0 Å². The molecule has 0 unspecified atom stereocenters. The van der Waals surface area contributed by atoms with Gasteiger partial charge in [0.25, 0.3) is 0 Å². The smallest absolute Gasteiger partial charge is 0.137 e. The molecule has 0 saturated heterocycles. The number of Topliss-reactive ketones (excluding diaryl/α,β-unsaturated/α-hetero) is 1. The molecule has 3 heteroatoms. The Morgan fingerprint density at radius 3 is 2.46 bits per heavy atom. The first-order valence-electron chi connectivity index (χ1n) is 4.21. The SMILES string of the molecule is NC1(c2ccccc2O)CC(=O)C1. The van der Waals surface area contributed by atoms with Crippen LogP contribution < -0.4 is 5.73 Å². The van der Waals surface area contributed by atoms with Gasteiger partial charge in [0.15, 0.2) is 0 Å². The lowest BCUT2D eigenvalue weighted by atomic mass is 9.71. The number of hydrogen-bond acceptors (Lipinski definition) is 3. The predicted molar refractivity (Wildman–Crippen MR) is 48.2 cm³/mol. The lowest BCUT2D eigenvalue weighted by Crippen LogP contribution is -2.49. The molecule has 3 N–H and O–H groups in total. The first kappa shape index (κ1) is 8.26. The Kier molecular flexibility index (Phi) is 1.63. The Bertz CT molecular complexity index is 352. The highest BCUT2D eigenvalue weighted by atomic mass is 16.3. The second kappa shape index (κ2) is 2.57. The van der Waals surface area contributed by atoms with Crippen molar-refractivity contribution < 1.29 is 9.90 Å². The average Bonchev–Trinajstić information content (AvgIpc) is 2.02. The van der Waals surface area contributed by atoms with Gasteiger partial charge in [0.05, 0.1) is 5.54 Å². The lowest BCUT2D eigenvalue weighted by Gasteiger charge is -2.37. The van der Waals surface area contributed by atoms with Gasteiger partial charge in [-0.15, -0.1) is 0 Å². The molecule has 0 radical (unpaired) electrons. The Morgan fingerprint density at radius 1 is 1.31 bits per heavy atom. The zero-order valence-corrected chi connectivity index (χ0v) is 7.16. The van der Waals surface area contributed by atoms with Gasteiger partial charge in [-0.1, -0.05) is 18.2 Å². The standard InChI is InChI=1S/C10H11NO2/c11-10(5-7(12)6-10)8-3-1-2-4-9(8)13/h1-4,13H,5-6,11H2. The maximum Gasteiger partial charge on any atom is 0.137 e. The van der Waals surface area contributed by atoms with Crippen LogP contribution in [0.1, 0.15) is 18.4 Å². The number of nitrogens with two attached hydrogens (primary N) is 1. The molecule has 0 aromatic heterocycles. The normalized spacial score (nSPS) is 19.6. The van der Waals surface area contributed by atoms with Gasteiger partial charge in [0, 0.05) is 18.4 Å². The van der Waals surface area contributed by atoms with Gasteiger partial charge in [0.1, 0.15) is 11.5 Å². The summed E-state index contributed by atoms with van der Waals surface area (Å²) in [6.07, 6.45) is 0.676. The van der Waals surface area contributed by atoms with Crippen LogP contribution in [0, 0.1) is 0 Å². The van der Waals surface area contributed by atoms with E-state index in [1.54, 1.807) is 18.2 Å². The fraction of sp³-hybridized carbons (Fsp3) is 0.300. The zero-order valence-electron chi connectivity index (χ0n) is 7.16. The van der Waals surface area contributed by atoms with E-state index in [2.05, 4.69) is 0 Å². The number of aromatic hydroxyl groups is 1. The molecule has 1 fully saturated rings. The summed E-state index contributed by atoms with van der Waals surface area (Å²) in [5.41, 5.74) is 5.99. The maximum atomic E-state index is 10.8. The van der Waals surface area contributed by atoms with Crippen molar-refractivity contribution in [2.75, 3.05) is 0 Å². The third-order valence-corrected chi connectivity index (χ3v) is 2.47. The van der Waals surface area contributed by atoms with Crippen molar-refractivity contribution in [1.82, 2.24) is 0 Å². The molecule has 1 saturated carbocycles. The summed E-state index contributed by atoms with van der Waals surface area (Å²) < 4.78 is 0. The number of ketones is 1. The van der Waals surface area contributed by atoms with E-state index in [9.17, 15) is 9.90 Å². The van der Waals surface area contributed by atoms with Crippen LogP contribution >= 0.6 is 0 Å². The molecule has 0 aliphatic heterocycles. The predicted octanol–water partition coefficient (Wildman–Crippen LogP) is 0.909. The number of phenols is 1. The molecule has 1 aliphatic rings. The Balaban J connectivity index is 2.36. The highest BCUT2D eigenvalue weighted by molar-refractivity contribution is 5.88. The maximum absolute atomic E-state index is 10.8. The summed E-state index contributed by atoms with van der Waals surface area (Å²) in [6, 6.07) is 6.91. The van der Waals surface area contributed by atoms with E-state index in [1.807, 2.05) is 6.07 Å². The van der Waals surface area contributed by atoms with Crippen molar-refractivity contribution in [2.45, 2.75) is 18.4 Å². The van der Waals surface area contributed by atoms with Crippen molar-refractivity contribution in [2.24, 2.45) is 5.73 Å². The fourth-order valence-corrected chi connectivity index (χ4v) is 1.74. The highest BCUT2D eigenvalue weighted by Crippen LogP contribution is 2.39. The van der Waals surface area contributed by atoms with E-state index in [0.717, 1.165) is 0 Å². The molecule has 3 nitrogen and oxygen atoms in total. The Labute approximate surface area is 76.2 Å². The minimum Gasteiger partial charge on any atom is -0.508 e. The molecule has 1 aromatic rings. The summed E-state index contributed by atoms with van der Waals surface area (Å²) in [7, 11) is 0. The van der Waals surface area contributed by atoms with E-state index in [1.165, 1.54) is 0 Å². The molecule has 0 atom stereocenters. The van der Waals surface area contributed by atoms with Crippen LogP contribution in [0.3, 0.4) is 0 Å². The van der Waals surface area contributed by atoms with Crippen molar-refractivity contribution in [1.29, 1.82) is 0 Å². The quantitative estimate of drug-likeness (QED) is 0.670. The molecule has 2 rings (SSSR count). The minimum atomic E-state index is -0.623. The van der Waals surface area contributed by atoms with Crippen LogP contribution in [0.4, 0.5) is 0 Å². The fourth-order valence-electron chi connectivity index (χ4n) is 1.74. The van der Waals surface area contributed by atoms with Gasteiger partial charge in [-0.2, -0.15) is 0 Å². The van der Waals surface area contributed by atoms with Crippen LogP contribution in [0.2, 0.25) is 0 Å². The number of hydrogen-bond donors (Lipinski definition) is 2. The molecule has 68 valence electrons. The molecule has 0 bridgehead atoms. The van der Waals surface area contributed by atoms with Crippen molar-refractivity contribution in [3.8, 4) is 5.75 Å². The highest BCUT2D eigenvalue weighted by Gasteiger charge is 2.42. The second-order valence-corrected chi connectivity index (χ2v) is 3.57. The van der Waals surface area contributed by atoms with Gasteiger partial charge >= 0.3 is 0 Å². The summed E-state index contributed by atoms with van der Waals surface area (Å²) in [6.45, 7) is 0. The molecule has 1 aromatic carbocycles. The first-order chi connectivity index (χ1) is 6.12. The number of carbonyl (C=O) groups excluding carboxylic acids is 1. The molecule has 0 heterocycles. The van der Waals surface area contributed by atoms with Crippen LogP contribution in [-0.4, -0.2) is 10.9 Å². The molecular formula is C10H11NO2. The van der Waals surface area contributed by atoms with E-state index in [-0.39, 0.29) is 11.5 Å². The van der Waals surface area contributed by atoms with E-state index in [4.69, 9.17) is 5.73 Å².